The molecule has 1 aliphatic rings. The Morgan fingerprint density at radius 2 is 2.05 bits per heavy atom. The smallest absolute Gasteiger partial charge is 0.138 e. The Bertz CT molecular complexity index is 597. The summed E-state index contributed by atoms with van der Waals surface area (Å²) < 4.78 is 7.75. The van der Waals surface area contributed by atoms with Crippen molar-refractivity contribution in [3.63, 3.8) is 0 Å². The zero-order valence-electron chi connectivity index (χ0n) is 12.4. The molecule has 2 atom stereocenters. The Kier molecular flexibility index (Phi) is 3.94. The Hall–Kier alpha value is -1.85. The van der Waals surface area contributed by atoms with Crippen molar-refractivity contribution in [1.82, 2.24) is 14.7 Å². The van der Waals surface area contributed by atoms with E-state index in [1.54, 1.807) is 0 Å². The van der Waals surface area contributed by atoms with Gasteiger partial charge < -0.3 is 9.84 Å². The molecule has 0 saturated carbocycles. The van der Waals surface area contributed by atoms with Crippen molar-refractivity contribution in [3.05, 3.63) is 47.8 Å². The van der Waals surface area contributed by atoms with Gasteiger partial charge in [-0.25, -0.2) is 0 Å². The molecular weight excluding hydrogens is 266 g/mol. The lowest BCUT2D eigenvalue weighted by molar-refractivity contribution is 0.0737. The molecule has 1 saturated heterocycles. The van der Waals surface area contributed by atoms with E-state index in [-0.39, 0.29) is 6.10 Å². The van der Waals surface area contributed by atoms with E-state index in [2.05, 4.69) is 16.9 Å². The van der Waals surface area contributed by atoms with Crippen LogP contribution in [0.5, 0.6) is 5.75 Å². The quantitative estimate of drug-likeness (QED) is 0.922. The lowest BCUT2D eigenvalue weighted by Gasteiger charge is -2.17. The van der Waals surface area contributed by atoms with E-state index in [4.69, 9.17) is 4.74 Å². The Balaban J connectivity index is 1.62. The van der Waals surface area contributed by atoms with Crippen LogP contribution in [-0.2, 0) is 13.6 Å². The second kappa shape index (κ2) is 5.87. The van der Waals surface area contributed by atoms with E-state index in [9.17, 15) is 5.11 Å². The number of hydrogen-bond donors (Lipinski definition) is 1. The molecule has 5 nitrogen and oxygen atoms in total. The third kappa shape index (κ3) is 3.09. The molecule has 0 bridgehead atoms. The van der Waals surface area contributed by atoms with Gasteiger partial charge in [0, 0.05) is 37.9 Å². The fourth-order valence-corrected chi connectivity index (χ4v) is 2.69. The average molecular weight is 287 g/mol. The molecule has 1 aliphatic heterocycles. The molecule has 1 aromatic carbocycles. The second-order valence-electron chi connectivity index (χ2n) is 5.61. The summed E-state index contributed by atoms with van der Waals surface area (Å²) in [6.45, 7) is 4.22. The maximum Gasteiger partial charge on any atom is 0.138 e. The second-order valence-corrected chi connectivity index (χ2v) is 5.61. The van der Waals surface area contributed by atoms with Gasteiger partial charge >= 0.3 is 0 Å². The van der Waals surface area contributed by atoms with Crippen LogP contribution >= 0.6 is 0 Å². The summed E-state index contributed by atoms with van der Waals surface area (Å²) in [7, 11) is 1.94. The Labute approximate surface area is 124 Å². The van der Waals surface area contributed by atoms with Crippen molar-refractivity contribution < 1.29 is 9.84 Å². The first kappa shape index (κ1) is 14.1. The monoisotopic (exact) mass is 287 g/mol. The molecule has 0 aliphatic carbocycles. The summed E-state index contributed by atoms with van der Waals surface area (Å²) in [5, 5.41) is 14.4. The lowest BCUT2D eigenvalue weighted by Crippen LogP contribution is -2.29. The number of benzene rings is 1. The highest BCUT2D eigenvalue weighted by molar-refractivity contribution is 5.22. The zero-order chi connectivity index (χ0) is 14.8. The van der Waals surface area contributed by atoms with Gasteiger partial charge in [0.25, 0.3) is 0 Å². The molecule has 2 aromatic rings. The summed E-state index contributed by atoms with van der Waals surface area (Å²) >= 11 is 0. The van der Waals surface area contributed by atoms with Crippen molar-refractivity contribution in [2.45, 2.75) is 25.7 Å². The predicted octanol–water partition coefficient (Wildman–Crippen LogP) is 1.35. The number of hydrogen-bond acceptors (Lipinski definition) is 4. The van der Waals surface area contributed by atoms with Crippen LogP contribution in [0.15, 0.2) is 36.5 Å². The molecule has 1 fully saturated rings. The van der Waals surface area contributed by atoms with E-state index in [1.165, 1.54) is 5.56 Å². The molecule has 112 valence electrons. The van der Waals surface area contributed by atoms with Gasteiger partial charge in [-0.2, -0.15) is 5.10 Å². The third-order valence-electron chi connectivity index (χ3n) is 4.07. The minimum absolute atomic E-state index is 0.177. The Morgan fingerprint density at radius 1 is 1.29 bits per heavy atom. The molecule has 1 N–H and O–H groups in total. The first-order chi connectivity index (χ1) is 10.1. The van der Waals surface area contributed by atoms with Gasteiger partial charge in [-0.3, -0.25) is 9.58 Å². The fraction of sp³-hybridized carbons (Fsp3) is 0.438. The van der Waals surface area contributed by atoms with Crippen LogP contribution in [0.4, 0.5) is 0 Å². The number of aryl methyl sites for hydroxylation is 1. The maximum atomic E-state index is 10.2. The van der Waals surface area contributed by atoms with Gasteiger partial charge in [-0.15, -0.1) is 0 Å². The number of ether oxygens (including phenoxy) is 1. The molecule has 3 rings (SSSR count). The van der Waals surface area contributed by atoms with E-state index in [1.807, 2.05) is 48.3 Å². The van der Waals surface area contributed by atoms with Crippen molar-refractivity contribution in [2.75, 3.05) is 13.1 Å². The van der Waals surface area contributed by atoms with Crippen LogP contribution in [0.2, 0.25) is 0 Å². The summed E-state index contributed by atoms with van der Waals surface area (Å²) in [5.74, 6) is 0.806. The molecule has 0 spiro atoms. The largest absolute Gasteiger partial charge is 0.486 e. The van der Waals surface area contributed by atoms with Crippen LogP contribution < -0.4 is 4.74 Å². The minimum Gasteiger partial charge on any atom is -0.486 e. The van der Waals surface area contributed by atoms with Gasteiger partial charge in [-0.05, 0) is 19.1 Å². The number of rotatable bonds is 4. The van der Waals surface area contributed by atoms with E-state index in [0.717, 1.165) is 24.5 Å². The molecule has 0 unspecified atom stereocenters. The fourth-order valence-electron chi connectivity index (χ4n) is 2.69. The number of para-hydroxylation sites is 1. The summed E-state index contributed by atoms with van der Waals surface area (Å²) in [6, 6.07) is 9.66. The number of aliphatic hydroxyl groups is 1. The van der Waals surface area contributed by atoms with Gasteiger partial charge in [0.1, 0.15) is 18.0 Å². The average Bonchev–Trinajstić information content (AvgIpc) is 2.98. The molecular formula is C16H21N3O2. The number of aliphatic hydroxyl groups excluding tert-OH is 1. The first-order valence-corrected chi connectivity index (χ1v) is 7.23. The zero-order valence-corrected chi connectivity index (χ0v) is 12.4. The highest BCUT2D eigenvalue weighted by Crippen LogP contribution is 2.20. The highest BCUT2D eigenvalue weighted by Gasteiger charge is 2.33. The van der Waals surface area contributed by atoms with Crippen LogP contribution in [0, 0.1) is 6.92 Å². The molecule has 0 radical (unpaired) electrons. The predicted molar refractivity (Wildman–Crippen MR) is 80.1 cm³/mol. The number of β-amino-alcohol motifs (C(OH)–C–C–N with tert-alkyl or cyclic N) is 1. The maximum absolute atomic E-state index is 10.2. The SMILES string of the molecule is Cc1c(CN2C[C@@H](O)[C@H](Oc3ccccc3)C2)cnn1C. The van der Waals surface area contributed by atoms with Crippen molar-refractivity contribution in [3.8, 4) is 5.75 Å². The van der Waals surface area contributed by atoms with Gasteiger partial charge in [0.2, 0.25) is 0 Å². The molecule has 21 heavy (non-hydrogen) atoms. The molecule has 0 amide bonds. The van der Waals surface area contributed by atoms with Gasteiger partial charge in [-0.1, -0.05) is 18.2 Å². The molecule has 5 heteroatoms. The van der Waals surface area contributed by atoms with E-state index >= 15 is 0 Å². The number of likely N-dealkylation sites (tertiary alicyclic amines) is 1. The highest BCUT2D eigenvalue weighted by atomic mass is 16.5. The summed E-state index contributed by atoms with van der Waals surface area (Å²) in [5.41, 5.74) is 2.36. The van der Waals surface area contributed by atoms with Crippen LogP contribution in [0.25, 0.3) is 0 Å². The van der Waals surface area contributed by atoms with Gasteiger partial charge in [0.05, 0.1) is 6.20 Å². The van der Waals surface area contributed by atoms with Crippen LogP contribution in [0.3, 0.4) is 0 Å². The summed E-state index contributed by atoms with van der Waals surface area (Å²) in [6.07, 6.45) is 1.26. The topological polar surface area (TPSA) is 50.5 Å². The van der Waals surface area contributed by atoms with Crippen molar-refractivity contribution in [2.24, 2.45) is 7.05 Å². The standard InChI is InChI=1S/C16H21N3O2/c1-12-13(8-17-18(12)2)9-19-10-15(20)16(11-19)21-14-6-4-3-5-7-14/h3-8,15-16,20H,9-11H2,1-2H3/t15-,16-/m1/s1. The summed E-state index contributed by atoms with van der Waals surface area (Å²) in [4.78, 5) is 2.21. The van der Waals surface area contributed by atoms with Crippen molar-refractivity contribution >= 4 is 0 Å². The first-order valence-electron chi connectivity index (χ1n) is 7.23. The molecule has 2 heterocycles. The van der Waals surface area contributed by atoms with Crippen LogP contribution in [-0.4, -0.2) is 45.1 Å². The van der Waals surface area contributed by atoms with Gasteiger partial charge in [0.15, 0.2) is 0 Å². The third-order valence-corrected chi connectivity index (χ3v) is 4.07. The lowest BCUT2D eigenvalue weighted by atomic mass is 10.2. The minimum atomic E-state index is -0.456. The number of nitrogens with zero attached hydrogens (tertiary/aromatic N) is 3. The molecule has 1 aromatic heterocycles. The normalized spacial score (nSPS) is 22.6. The van der Waals surface area contributed by atoms with Crippen LogP contribution in [0.1, 0.15) is 11.3 Å². The van der Waals surface area contributed by atoms with E-state index < -0.39 is 6.10 Å². The van der Waals surface area contributed by atoms with E-state index in [0.29, 0.717) is 6.54 Å². The van der Waals surface area contributed by atoms with Crippen molar-refractivity contribution in [1.29, 1.82) is 0 Å². The Morgan fingerprint density at radius 3 is 2.71 bits per heavy atom. The number of aromatic nitrogens is 2.